The molecular weight excluding hydrogens is 224 g/mol. The average molecular weight is 242 g/mol. The van der Waals surface area contributed by atoms with Crippen LogP contribution in [0.15, 0.2) is 18.3 Å². The van der Waals surface area contributed by atoms with Crippen molar-refractivity contribution in [2.45, 2.75) is 26.4 Å². The second-order valence-corrected chi connectivity index (χ2v) is 6.31. The van der Waals surface area contributed by atoms with Crippen molar-refractivity contribution >= 4 is 9.84 Å². The molecular formula is C11H18N2O2S. The molecule has 1 heterocycles. The van der Waals surface area contributed by atoms with Crippen molar-refractivity contribution in [3.8, 4) is 0 Å². The van der Waals surface area contributed by atoms with Crippen LogP contribution >= 0.6 is 0 Å². The molecule has 0 amide bonds. The summed E-state index contributed by atoms with van der Waals surface area (Å²) in [5.41, 5.74) is 2.07. The third kappa shape index (κ3) is 4.72. The zero-order chi connectivity index (χ0) is 12.2. The zero-order valence-electron chi connectivity index (χ0n) is 9.90. The van der Waals surface area contributed by atoms with Crippen molar-refractivity contribution in [2.24, 2.45) is 0 Å². The average Bonchev–Trinajstić information content (AvgIpc) is 2.14. The van der Waals surface area contributed by atoms with E-state index in [1.807, 2.05) is 26.0 Å². The fourth-order valence-corrected chi connectivity index (χ4v) is 2.53. The third-order valence-electron chi connectivity index (χ3n) is 2.31. The van der Waals surface area contributed by atoms with Gasteiger partial charge in [0.25, 0.3) is 0 Å². The van der Waals surface area contributed by atoms with Gasteiger partial charge in [0.2, 0.25) is 0 Å². The van der Waals surface area contributed by atoms with Gasteiger partial charge in [0.1, 0.15) is 9.84 Å². The van der Waals surface area contributed by atoms with E-state index in [2.05, 4.69) is 10.3 Å². The summed E-state index contributed by atoms with van der Waals surface area (Å²) in [5, 5.41) is 3.18. The van der Waals surface area contributed by atoms with Crippen LogP contribution in [0.2, 0.25) is 0 Å². The number of rotatable bonds is 5. The summed E-state index contributed by atoms with van der Waals surface area (Å²) in [6.07, 6.45) is 3.00. The Morgan fingerprint density at radius 2 is 2.19 bits per heavy atom. The molecule has 0 saturated carbocycles. The first-order valence-corrected chi connectivity index (χ1v) is 7.26. The van der Waals surface area contributed by atoms with E-state index in [9.17, 15) is 8.42 Å². The Morgan fingerprint density at radius 3 is 2.75 bits per heavy atom. The van der Waals surface area contributed by atoms with Crippen LogP contribution in [0, 0.1) is 6.92 Å². The minimum Gasteiger partial charge on any atom is -0.309 e. The fraction of sp³-hybridized carbons (Fsp3) is 0.545. The molecule has 0 spiro atoms. The fourth-order valence-electron chi connectivity index (χ4n) is 1.50. The molecule has 0 aromatic carbocycles. The molecule has 0 bridgehead atoms. The smallest absolute Gasteiger partial charge is 0.148 e. The number of nitrogens with zero attached hydrogens (tertiary/aromatic N) is 1. The molecule has 0 aliphatic heterocycles. The maximum Gasteiger partial charge on any atom is 0.148 e. The first-order chi connectivity index (χ1) is 7.38. The molecule has 0 saturated heterocycles. The van der Waals surface area contributed by atoms with Gasteiger partial charge in [-0.3, -0.25) is 4.98 Å². The van der Waals surface area contributed by atoms with Crippen molar-refractivity contribution in [1.82, 2.24) is 10.3 Å². The molecule has 1 aromatic rings. The summed E-state index contributed by atoms with van der Waals surface area (Å²) in [6.45, 7) is 4.46. The molecule has 5 heteroatoms. The molecule has 1 atom stereocenters. The minimum atomic E-state index is -2.92. The van der Waals surface area contributed by atoms with Crippen molar-refractivity contribution in [1.29, 1.82) is 0 Å². The lowest BCUT2D eigenvalue weighted by atomic mass is 10.2. The van der Waals surface area contributed by atoms with E-state index in [0.29, 0.717) is 6.54 Å². The van der Waals surface area contributed by atoms with E-state index in [0.717, 1.165) is 11.3 Å². The second-order valence-electron chi connectivity index (χ2n) is 4.12. The molecule has 1 aromatic heterocycles. The summed E-state index contributed by atoms with van der Waals surface area (Å²) in [6, 6.07) is 3.82. The predicted octanol–water partition coefficient (Wildman–Crippen LogP) is 0.913. The first-order valence-electron chi connectivity index (χ1n) is 5.20. The molecule has 0 aliphatic rings. The lowest BCUT2D eigenvalue weighted by Gasteiger charge is -2.13. The Bertz CT molecular complexity index is 443. The Morgan fingerprint density at radius 1 is 1.50 bits per heavy atom. The maximum absolute atomic E-state index is 11.1. The van der Waals surface area contributed by atoms with Crippen LogP contribution in [-0.4, -0.2) is 31.5 Å². The molecule has 4 nitrogen and oxygen atoms in total. The van der Waals surface area contributed by atoms with Crippen molar-refractivity contribution < 1.29 is 8.42 Å². The lowest BCUT2D eigenvalue weighted by Crippen LogP contribution is -2.32. The van der Waals surface area contributed by atoms with Crippen molar-refractivity contribution in [3.05, 3.63) is 29.6 Å². The maximum atomic E-state index is 11.1. The highest BCUT2D eigenvalue weighted by Crippen LogP contribution is 2.03. The van der Waals surface area contributed by atoms with E-state index in [-0.39, 0.29) is 11.8 Å². The molecule has 1 rings (SSSR count). The Hall–Kier alpha value is -0.940. The summed E-state index contributed by atoms with van der Waals surface area (Å²) < 4.78 is 22.1. The van der Waals surface area contributed by atoms with Gasteiger partial charge in [0.05, 0.1) is 5.75 Å². The molecule has 16 heavy (non-hydrogen) atoms. The number of nitrogens with one attached hydrogen (secondary N) is 1. The minimum absolute atomic E-state index is 0.0467. The first kappa shape index (κ1) is 13.1. The van der Waals surface area contributed by atoms with E-state index < -0.39 is 9.84 Å². The van der Waals surface area contributed by atoms with Gasteiger partial charge in [0.15, 0.2) is 0 Å². The molecule has 1 unspecified atom stereocenters. The predicted molar refractivity (Wildman–Crippen MR) is 65.0 cm³/mol. The lowest BCUT2D eigenvalue weighted by molar-refractivity contribution is 0.559. The normalized spacial score (nSPS) is 13.7. The van der Waals surface area contributed by atoms with Gasteiger partial charge in [-0.15, -0.1) is 0 Å². The topological polar surface area (TPSA) is 59.1 Å². The van der Waals surface area contributed by atoms with Crippen LogP contribution in [0.25, 0.3) is 0 Å². The summed E-state index contributed by atoms with van der Waals surface area (Å²) >= 11 is 0. The zero-order valence-corrected chi connectivity index (χ0v) is 10.7. The molecule has 0 radical (unpaired) electrons. The number of aryl methyl sites for hydroxylation is 1. The molecule has 90 valence electrons. The highest BCUT2D eigenvalue weighted by Gasteiger charge is 2.10. The summed E-state index contributed by atoms with van der Waals surface area (Å²) in [7, 11) is -2.92. The van der Waals surface area contributed by atoms with Crippen molar-refractivity contribution in [2.75, 3.05) is 12.0 Å². The largest absolute Gasteiger partial charge is 0.309 e. The van der Waals surface area contributed by atoms with Crippen LogP contribution in [-0.2, 0) is 16.4 Å². The van der Waals surface area contributed by atoms with Gasteiger partial charge < -0.3 is 5.32 Å². The van der Waals surface area contributed by atoms with Gasteiger partial charge >= 0.3 is 0 Å². The number of sulfone groups is 1. The molecule has 0 aliphatic carbocycles. The number of pyridine rings is 1. The van der Waals surface area contributed by atoms with Crippen molar-refractivity contribution in [3.63, 3.8) is 0 Å². The summed E-state index contributed by atoms with van der Waals surface area (Å²) in [5.74, 6) is 0.159. The van der Waals surface area contributed by atoms with E-state index in [1.54, 1.807) is 6.20 Å². The van der Waals surface area contributed by atoms with Crippen LogP contribution in [0.1, 0.15) is 18.2 Å². The second kappa shape index (κ2) is 5.41. The van der Waals surface area contributed by atoms with Gasteiger partial charge in [-0.2, -0.15) is 0 Å². The Balaban J connectivity index is 2.49. The van der Waals surface area contributed by atoms with Crippen LogP contribution in [0.4, 0.5) is 0 Å². The molecule has 0 fully saturated rings. The number of hydrogen-bond donors (Lipinski definition) is 1. The number of hydrogen-bond acceptors (Lipinski definition) is 4. The van der Waals surface area contributed by atoms with E-state index >= 15 is 0 Å². The van der Waals surface area contributed by atoms with Crippen LogP contribution in [0.3, 0.4) is 0 Å². The van der Waals surface area contributed by atoms with E-state index in [4.69, 9.17) is 0 Å². The van der Waals surface area contributed by atoms with Crippen LogP contribution in [0.5, 0.6) is 0 Å². The quantitative estimate of drug-likeness (QED) is 0.834. The number of aromatic nitrogens is 1. The standard InChI is InChI=1S/C11H18N2O2S/c1-9(8-16(3,14)15)13-7-11-5-4-6-12-10(11)2/h4-6,9,13H,7-8H2,1-3H3. The SMILES string of the molecule is Cc1ncccc1CNC(C)CS(C)(=O)=O. The third-order valence-corrected chi connectivity index (χ3v) is 3.42. The Labute approximate surface area is 97.0 Å². The van der Waals surface area contributed by atoms with Gasteiger partial charge in [-0.05, 0) is 25.5 Å². The Kier molecular flexibility index (Phi) is 4.44. The van der Waals surface area contributed by atoms with Gasteiger partial charge in [0, 0.05) is 30.7 Å². The van der Waals surface area contributed by atoms with Gasteiger partial charge in [-0.25, -0.2) is 8.42 Å². The highest BCUT2D eigenvalue weighted by molar-refractivity contribution is 7.90. The highest BCUT2D eigenvalue weighted by atomic mass is 32.2. The van der Waals surface area contributed by atoms with Gasteiger partial charge in [-0.1, -0.05) is 6.07 Å². The summed E-state index contributed by atoms with van der Waals surface area (Å²) in [4.78, 5) is 4.17. The van der Waals surface area contributed by atoms with Crippen LogP contribution < -0.4 is 5.32 Å². The molecule has 1 N–H and O–H groups in total. The monoisotopic (exact) mass is 242 g/mol. The van der Waals surface area contributed by atoms with E-state index in [1.165, 1.54) is 6.26 Å².